The summed E-state index contributed by atoms with van der Waals surface area (Å²) in [7, 11) is 0. The van der Waals surface area contributed by atoms with Gasteiger partial charge in [0.1, 0.15) is 11.4 Å². The monoisotopic (exact) mass is 323 g/mol. The lowest BCUT2D eigenvalue weighted by molar-refractivity contribution is 0.0366. The van der Waals surface area contributed by atoms with Crippen molar-refractivity contribution >= 4 is 6.03 Å². The zero-order valence-electron chi connectivity index (χ0n) is 14.3. The lowest BCUT2D eigenvalue weighted by Gasteiger charge is -2.35. The van der Waals surface area contributed by atoms with E-state index in [1.807, 2.05) is 0 Å². The number of urea groups is 1. The van der Waals surface area contributed by atoms with Gasteiger partial charge in [0.25, 0.3) is 0 Å². The summed E-state index contributed by atoms with van der Waals surface area (Å²) in [5, 5.41) is 15.9. The Balaban J connectivity index is 1.69. The Morgan fingerprint density at radius 2 is 2.17 bits per heavy atom. The van der Waals surface area contributed by atoms with E-state index in [-0.39, 0.29) is 12.6 Å². The smallest absolute Gasteiger partial charge is 0.314 e. The number of hydrogen-bond donors (Lipinski definition) is 3. The molecular formula is C17H29N3O3. The maximum atomic E-state index is 11.9. The summed E-state index contributed by atoms with van der Waals surface area (Å²) in [5.74, 6) is 1.24. The van der Waals surface area contributed by atoms with Crippen LogP contribution >= 0.6 is 0 Å². The van der Waals surface area contributed by atoms with Gasteiger partial charge in [0.05, 0.1) is 12.8 Å². The summed E-state index contributed by atoms with van der Waals surface area (Å²) in [6.07, 6.45) is 3.95. The highest BCUT2D eigenvalue weighted by Gasteiger charge is 2.27. The molecule has 2 amide bonds. The fourth-order valence-corrected chi connectivity index (χ4v) is 2.83. The second-order valence-corrected chi connectivity index (χ2v) is 6.88. The SMILES string of the molecule is CC1CCN(C(C)CNC(=O)NCC(C)(O)c2ccco2)CC1. The first-order valence-electron chi connectivity index (χ1n) is 8.40. The van der Waals surface area contributed by atoms with Gasteiger partial charge in [-0.25, -0.2) is 4.79 Å². The van der Waals surface area contributed by atoms with Gasteiger partial charge in [0.15, 0.2) is 0 Å². The van der Waals surface area contributed by atoms with E-state index in [1.165, 1.54) is 19.1 Å². The number of carbonyl (C=O) groups is 1. The van der Waals surface area contributed by atoms with E-state index >= 15 is 0 Å². The molecule has 130 valence electrons. The third-order valence-electron chi connectivity index (χ3n) is 4.64. The number of aliphatic hydroxyl groups is 1. The fraction of sp³-hybridized carbons (Fsp3) is 0.706. The van der Waals surface area contributed by atoms with Crippen molar-refractivity contribution in [2.24, 2.45) is 5.92 Å². The molecule has 2 rings (SSSR count). The first-order valence-corrected chi connectivity index (χ1v) is 8.40. The fourth-order valence-electron chi connectivity index (χ4n) is 2.83. The molecule has 1 aliphatic rings. The van der Waals surface area contributed by atoms with Crippen LogP contribution in [0.2, 0.25) is 0 Å². The molecule has 2 atom stereocenters. The molecule has 0 spiro atoms. The second kappa shape index (κ2) is 7.84. The summed E-state index contributed by atoms with van der Waals surface area (Å²) in [5.41, 5.74) is -1.21. The average Bonchev–Trinajstić information content (AvgIpc) is 3.06. The van der Waals surface area contributed by atoms with Gasteiger partial charge >= 0.3 is 6.03 Å². The first-order chi connectivity index (χ1) is 10.9. The Hall–Kier alpha value is -1.53. The Morgan fingerprint density at radius 1 is 1.48 bits per heavy atom. The molecule has 0 saturated carbocycles. The molecule has 6 heteroatoms. The molecule has 1 saturated heterocycles. The average molecular weight is 323 g/mol. The van der Waals surface area contributed by atoms with Crippen molar-refractivity contribution in [2.45, 2.75) is 45.3 Å². The van der Waals surface area contributed by atoms with E-state index in [4.69, 9.17) is 4.42 Å². The van der Waals surface area contributed by atoms with E-state index in [0.29, 0.717) is 18.3 Å². The minimum atomic E-state index is -1.21. The highest BCUT2D eigenvalue weighted by Crippen LogP contribution is 2.20. The van der Waals surface area contributed by atoms with E-state index in [0.717, 1.165) is 19.0 Å². The molecule has 2 heterocycles. The van der Waals surface area contributed by atoms with Crippen LogP contribution in [0.5, 0.6) is 0 Å². The number of carbonyl (C=O) groups excluding carboxylic acids is 1. The van der Waals surface area contributed by atoms with Gasteiger partial charge in [-0.15, -0.1) is 0 Å². The van der Waals surface area contributed by atoms with Crippen LogP contribution < -0.4 is 10.6 Å². The van der Waals surface area contributed by atoms with Crippen molar-refractivity contribution in [1.82, 2.24) is 15.5 Å². The number of nitrogens with zero attached hydrogens (tertiary/aromatic N) is 1. The van der Waals surface area contributed by atoms with Crippen LogP contribution in [0, 0.1) is 5.92 Å². The van der Waals surface area contributed by atoms with E-state index in [1.54, 1.807) is 19.1 Å². The predicted octanol–water partition coefficient (Wildman–Crippen LogP) is 1.91. The number of hydrogen-bond acceptors (Lipinski definition) is 4. The third-order valence-corrected chi connectivity index (χ3v) is 4.64. The molecule has 1 fully saturated rings. The Kier molecular flexibility index (Phi) is 6.07. The van der Waals surface area contributed by atoms with Crippen molar-refractivity contribution in [3.05, 3.63) is 24.2 Å². The predicted molar refractivity (Wildman–Crippen MR) is 89.1 cm³/mol. The molecular weight excluding hydrogens is 294 g/mol. The van der Waals surface area contributed by atoms with Gasteiger partial charge in [-0.05, 0) is 57.8 Å². The third kappa shape index (κ3) is 5.25. The van der Waals surface area contributed by atoms with Gasteiger partial charge in [0, 0.05) is 12.6 Å². The van der Waals surface area contributed by atoms with Crippen LogP contribution in [0.15, 0.2) is 22.8 Å². The Bertz CT molecular complexity index is 479. The molecule has 1 aromatic rings. The summed E-state index contributed by atoms with van der Waals surface area (Å²) < 4.78 is 5.19. The van der Waals surface area contributed by atoms with E-state index in [2.05, 4.69) is 29.4 Å². The van der Waals surface area contributed by atoms with E-state index < -0.39 is 5.60 Å². The normalized spacial score (nSPS) is 20.7. The molecule has 0 aliphatic carbocycles. The number of likely N-dealkylation sites (tertiary alicyclic amines) is 1. The van der Waals surface area contributed by atoms with Crippen molar-refractivity contribution in [3.63, 3.8) is 0 Å². The van der Waals surface area contributed by atoms with Crippen LogP contribution in [0.4, 0.5) is 4.79 Å². The van der Waals surface area contributed by atoms with Gasteiger partial charge in [-0.3, -0.25) is 4.90 Å². The van der Waals surface area contributed by atoms with Crippen molar-refractivity contribution in [3.8, 4) is 0 Å². The molecule has 1 aromatic heterocycles. The first kappa shape index (κ1) is 17.8. The Morgan fingerprint density at radius 3 is 2.78 bits per heavy atom. The van der Waals surface area contributed by atoms with Crippen LogP contribution in [0.3, 0.4) is 0 Å². The number of amides is 2. The lowest BCUT2D eigenvalue weighted by Crippen LogP contribution is -2.49. The van der Waals surface area contributed by atoms with Gasteiger partial charge in [-0.2, -0.15) is 0 Å². The Labute approximate surface area is 138 Å². The minimum absolute atomic E-state index is 0.0992. The topological polar surface area (TPSA) is 77.7 Å². The molecule has 3 N–H and O–H groups in total. The zero-order chi connectivity index (χ0) is 16.9. The molecule has 0 radical (unpaired) electrons. The van der Waals surface area contributed by atoms with Gasteiger partial charge in [0.2, 0.25) is 0 Å². The number of nitrogens with one attached hydrogen (secondary N) is 2. The largest absolute Gasteiger partial charge is 0.466 e. The van der Waals surface area contributed by atoms with Crippen LogP contribution in [0.25, 0.3) is 0 Å². The highest BCUT2D eigenvalue weighted by molar-refractivity contribution is 5.73. The van der Waals surface area contributed by atoms with Gasteiger partial charge < -0.3 is 20.2 Å². The molecule has 0 bridgehead atoms. The lowest BCUT2D eigenvalue weighted by atomic mass is 9.98. The molecule has 0 aromatic carbocycles. The molecule has 6 nitrogen and oxygen atoms in total. The van der Waals surface area contributed by atoms with Crippen LogP contribution in [0.1, 0.15) is 39.4 Å². The van der Waals surface area contributed by atoms with E-state index in [9.17, 15) is 9.90 Å². The molecule has 23 heavy (non-hydrogen) atoms. The maximum absolute atomic E-state index is 11.9. The molecule has 1 aliphatic heterocycles. The summed E-state index contributed by atoms with van der Waals surface area (Å²) in [6.45, 7) is 8.93. The standard InChI is InChI=1S/C17H29N3O3/c1-13-6-8-20(9-7-13)14(2)11-18-16(21)19-12-17(3,22)15-5-4-10-23-15/h4-5,10,13-14,22H,6-9,11-12H2,1-3H3,(H2,18,19,21). The molecule has 2 unspecified atom stereocenters. The van der Waals surface area contributed by atoms with Crippen molar-refractivity contribution in [2.75, 3.05) is 26.2 Å². The van der Waals surface area contributed by atoms with Crippen LogP contribution in [-0.2, 0) is 5.60 Å². The summed E-state index contributed by atoms with van der Waals surface area (Å²) in [4.78, 5) is 14.3. The minimum Gasteiger partial charge on any atom is -0.466 e. The highest BCUT2D eigenvalue weighted by atomic mass is 16.4. The zero-order valence-corrected chi connectivity index (χ0v) is 14.3. The maximum Gasteiger partial charge on any atom is 0.314 e. The summed E-state index contributed by atoms with van der Waals surface area (Å²) in [6, 6.07) is 3.46. The number of piperidine rings is 1. The van der Waals surface area contributed by atoms with Gasteiger partial charge in [-0.1, -0.05) is 6.92 Å². The second-order valence-electron chi connectivity index (χ2n) is 6.88. The van der Waals surface area contributed by atoms with Crippen LogP contribution in [-0.4, -0.2) is 48.3 Å². The van der Waals surface area contributed by atoms with Crippen molar-refractivity contribution < 1.29 is 14.3 Å². The number of rotatable bonds is 6. The number of furan rings is 1. The van der Waals surface area contributed by atoms with Crippen molar-refractivity contribution in [1.29, 1.82) is 0 Å². The quantitative estimate of drug-likeness (QED) is 0.747. The summed E-state index contributed by atoms with van der Waals surface area (Å²) >= 11 is 0.